The number of amides is 1. The highest BCUT2D eigenvalue weighted by atomic mass is 16.2. The molecule has 0 unspecified atom stereocenters. The Morgan fingerprint density at radius 3 is 2.78 bits per heavy atom. The molecule has 0 radical (unpaired) electrons. The second-order valence-corrected chi connectivity index (χ2v) is 5.94. The van der Waals surface area contributed by atoms with Crippen LogP contribution < -0.4 is 5.32 Å². The lowest BCUT2D eigenvalue weighted by Crippen LogP contribution is -2.18. The van der Waals surface area contributed by atoms with Gasteiger partial charge in [-0.15, -0.1) is 0 Å². The molecule has 0 spiro atoms. The first-order chi connectivity index (χ1) is 11.3. The largest absolute Gasteiger partial charge is 0.305 e. The number of para-hydroxylation sites is 1. The fourth-order valence-corrected chi connectivity index (χ4v) is 3.23. The number of rotatable bonds is 3. The molecule has 2 aromatic heterocycles. The van der Waals surface area contributed by atoms with Crippen LogP contribution in [0.4, 0.5) is 5.82 Å². The van der Waals surface area contributed by atoms with Gasteiger partial charge >= 0.3 is 0 Å². The molecule has 1 aliphatic rings. The molecular weight excluding hydrogens is 288 g/mol. The zero-order chi connectivity index (χ0) is 15.6. The van der Waals surface area contributed by atoms with E-state index in [4.69, 9.17) is 0 Å². The van der Waals surface area contributed by atoms with Gasteiger partial charge in [0.05, 0.1) is 17.8 Å². The van der Waals surface area contributed by atoms with Crippen LogP contribution in [0.5, 0.6) is 0 Å². The zero-order valence-electron chi connectivity index (χ0n) is 12.8. The fourth-order valence-electron chi connectivity index (χ4n) is 3.23. The van der Waals surface area contributed by atoms with Gasteiger partial charge in [0.1, 0.15) is 11.5 Å². The SMILES string of the molecule is O=C(Nc1ccnn1C1CCCC1)c1ccc2ccccc2n1. The monoisotopic (exact) mass is 306 g/mol. The van der Waals surface area contributed by atoms with E-state index in [2.05, 4.69) is 15.4 Å². The average molecular weight is 306 g/mol. The van der Waals surface area contributed by atoms with E-state index in [0.29, 0.717) is 11.7 Å². The van der Waals surface area contributed by atoms with Crippen LogP contribution in [0.15, 0.2) is 48.7 Å². The van der Waals surface area contributed by atoms with Crippen molar-refractivity contribution in [3.63, 3.8) is 0 Å². The van der Waals surface area contributed by atoms with E-state index in [9.17, 15) is 4.79 Å². The van der Waals surface area contributed by atoms with E-state index >= 15 is 0 Å². The van der Waals surface area contributed by atoms with Crippen molar-refractivity contribution < 1.29 is 4.79 Å². The minimum absolute atomic E-state index is 0.199. The first-order valence-corrected chi connectivity index (χ1v) is 8.02. The molecule has 5 nitrogen and oxygen atoms in total. The Bertz CT molecular complexity index is 849. The Morgan fingerprint density at radius 1 is 1.09 bits per heavy atom. The lowest BCUT2D eigenvalue weighted by molar-refractivity contribution is 0.102. The molecule has 1 saturated carbocycles. The second-order valence-electron chi connectivity index (χ2n) is 5.94. The molecular formula is C18H18N4O. The molecule has 116 valence electrons. The fraction of sp³-hybridized carbons (Fsp3) is 0.278. The Hall–Kier alpha value is -2.69. The van der Waals surface area contributed by atoms with Crippen LogP contribution in [-0.4, -0.2) is 20.7 Å². The molecule has 1 aliphatic carbocycles. The highest BCUT2D eigenvalue weighted by Crippen LogP contribution is 2.31. The lowest BCUT2D eigenvalue weighted by Gasteiger charge is -2.14. The molecule has 23 heavy (non-hydrogen) atoms. The molecule has 4 rings (SSSR count). The number of carbonyl (C=O) groups is 1. The topological polar surface area (TPSA) is 59.8 Å². The molecule has 1 N–H and O–H groups in total. The third-order valence-electron chi connectivity index (χ3n) is 4.41. The van der Waals surface area contributed by atoms with Crippen LogP contribution in [0.25, 0.3) is 10.9 Å². The molecule has 0 saturated heterocycles. The third kappa shape index (κ3) is 2.70. The van der Waals surface area contributed by atoms with Crippen LogP contribution in [0.1, 0.15) is 42.2 Å². The summed E-state index contributed by atoms with van der Waals surface area (Å²) in [6.07, 6.45) is 6.44. The van der Waals surface area contributed by atoms with Gasteiger partial charge in [0.2, 0.25) is 0 Å². The maximum atomic E-state index is 12.5. The van der Waals surface area contributed by atoms with Gasteiger partial charge < -0.3 is 5.32 Å². The number of nitrogens with one attached hydrogen (secondary N) is 1. The van der Waals surface area contributed by atoms with Crippen molar-refractivity contribution in [2.45, 2.75) is 31.7 Å². The molecule has 3 aromatic rings. The normalized spacial score (nSPS) is 15.1. The van der Waals surface area contributed by atoms with Crippen LogP contribution in [-0.2, 0) is 0 Å². The Balaban J connectivity index is 1.58. The minimum atomic E-state index is -0.199. The van der Waals surface area contributed by atoms with Crippen molar-refractivity contribution in [2.75, 3.05) is 5.32 Å². The van der Waals surface area contributed by atoms with Gasteiger partial charge in [-0.3, -0.25) is 4.79 Å². The van der Waals surface area contributed by atoms with Crippen molar-refractivity contribution in [3.05, 3.63) is 54.4 Å². The summed E-state index contributed by atoms with van der Waals surface area (Å²) < 4.78 is 1.94. The molecule has 0 atom stereocenters. The van der Waals surface area contributed by atoms with E-state index in [1.54, 1.807) is 12.3 Å². The summed E-state index contributed by atoms with van der Waals surface area (Å²) in [7, 11) is 0. The first-order valence-electron chi connectivity index (χ1n) is 8.02. The average Bonchev–Trinajstić information content (AvgIpc) is 3.25. The summed E-state index contributed by atoms with van der Waals surface area (Å²) in [5, 5.41) is 8.35. The number of pyridine rings is 1. The number of aromatic nitrogens is 3. The summed E-state index contributed by atoms with van der Waals surface area (Å²) in [6.45, 7) is 0. The van der Waals surface area contributed by atoms with Gasteiger partial charge in [0.25, 0.3) is 5.91 Å². The van der Waals surface area contributed by atoms with Crippen LogP contribution >= 0.6 is 0 Å². The smallest absolute Gasteiger partial charge is 0.275 e. The predicted octanol–water partition coefficient (Wildman–Crippen LogP) is 3.80. The van der Waals surface area contributed by atoms with E-state index in [1.165, 1.54) is 12.8 Å². The number of nitrogens with zero attached hydrogens (tertiary/aromatic N) is 3. The lowest BCUT2D eigenvalue weighted by atomic mass is 10.2. The van der Waals surface area contributed by atoms with Gasteiger partial charge in [-0.05, 0) is 25.0 Å². The summed E-state index contributed by atoms with van der Waals surface area (Å²) in [4.78, 5) is 16.9. The molecule has 1 aromatic carbocycles. The maximum Gasteiger partial charge on any atom is 0.275 e. The predicted molar refractivity (Wildman–Crippen MR) is 89.4 cm³/mol. The van der Waals surface area contributed by atoms with Crippen LogP contribution in [0, 0.1) is 0 Å². The van der Waals surface area contributed by atoms with Crippen molar-refractivity contribution >= 4 is 22.6 Å². The van der Waals surface area contributed by atoms with Gasteiger partial charge in [-0.2, -0.15) is 5.10 Å². The number of benzene rings is 1. The summed E-state index contributed by atoms with van der Waals surface area (Å²) >= 11 is 0. The minimum Gasteiger partial charge on any atom is -0.305 e. The van der Waals surface area contributed by atoms with Gasteiger partial charge in [-0.25, -0.2) is 9.67 Å². The van der Waals surface area contributed by atoms with E-state index in [1.807, 2.05) is 41.1 Å². The Kier molecular flexibility index (Phi) is 3.54. The Labute approximate surface area is 134 Å². The summed E-state index contributed by atoms with van der Waals surface area (Å²) in [5.74, 6) is 0.548. The summed E-state index contributed by atoms with van der Waals surface area (Å²) in [5.41, 5.74) is 1.24. The highest BCUT2D eigenvalue weighted by Gasteiger charge is 2.21. The van der Waals surface area contributed by atoms with E-state index < -0.39 is 0 Å². The molecule has 2 heterocycles. The van der Waals surface area contributed by atoms with Crippen molar-refractivity contribution in [1.82, 2.24) is 14.8 Å². The molecule has 1 amide bonds. The highest BCUT2D eigenvalue weighted by molar-refractivity contribution is 6.03. The van der Waals surface area contributed by atoms with Gasteiger partial charge in [-0.1, -0.05) is 37.1 Å². The van der Waals surface area contributed by atoms with Gasteiger partial charge in [0, 0.05) is 11.5 Å². The van der Waals surface area contributed by atoms with Crippen LogP contribution in [0.3, 0.4) is 0 Å². The Morgan fingerprint density at radius 2 is 1.91 bits per heavy atom. The van der Waals surface area contributed by atoms with E-state index in [-0.39, 0.29) is 5.91 Å². The number of anilines is 1. The van der Waals surface area contributed by atoms with Crippen molar-refractivity contribution in [3.8, 4) is 0 Å². The number of hydrogen-bond donors (Lipinski definition) is 1. The summed E-state index contributed by atoms with van der Waals surface area (Å²) in [6, 6.07) is 13.7. The van der Waals surface area contributed by atoms with E-state index in [0.717, 1.165) is 29.6 Å². The molecule has 0 bridgehead atoms. The standard InChI is InChI=1S/C18H18N4O/c23-18(16-10-9-13-5-1-4-8-15(13)20-16)21-17-11-12-19-22(17)14-6-2-3-7-14/h1,4-5,8-12,14H,2-3,6-7H2,(H,21,23). The van der Waals surface area contributed by atoms with Crippen LogP contribution in [0.2, 0.25) is 0 Å². The maximum absolute atomic E-state index is 12.5. The second kappa shape index (κ2) is 5.83. The number of carbonyl (C=O) groups excluding carboxylic acids is 1. The van der Waals surface area contributed by atoms with Crippen molar-refractivity contribution in [1.29, 1.82) is 0 Å². The molecule has 1 fully saturated rings. The number of fused-ring (bicyclic) bond motifs is 1. The van der Waals surface area contributed by atoms with Crippen molar-refractivity contribution in [2.24, 2.45) is 0 Å². The quantitative estimate of drug-likeness (QED) is 0.800. The zero-order valence-corrected chi connectivity index (χ0v) is 12.8. The number of hydrogen-bond acceptors (Lipinski definition) is 3. The molecule has 5 heteroatoms. The first kappa shape index (κ1) is 13.9. The molecule has 0 aliphatic heterocycles. The van der Waals surface area contributed by atoms with Gasteiger partial charge in [0.15, 0.2) is 0 Å². The third-order valence-corrected chi connectivity index (χ3v) is 4.41.